The minimum Gasteiger partial charge on any atom is -0.305 e. The van der Waals surface area contributed by atoms with Crippen molar-refractivity contribution in [3.63, 3.8) is 0 Å². The first-order valence-electron chi connectivity index (χ1n) is 9.60. The Morgan fingerprint density at radius 1 is 1.03 bits per heavy atom. The summed E-state index contributed by atoms with van der Waals surface area (Å²) >= 11 is 0. The number of fused-ring (bicyclic) bond motifs is 2. The number of carbonyl (C=O) groups is 1. The molecule has 1 amide bonds. The van der Waals surface area contributed by atoms with Crippen molar-refractivity contribution < 1.29 is 18.0 Å². The molecule has 1 aliphatic rings. The molecule has 0 saturated carbocycles. The molecule has 0 bridgehead atoms. The van der Waals surface area contributed by atoms with Gasteiger partial charge in [-0.05, 0) is 43.3 Å². The van der Waals surface area contributed by atoms with Gasteiger partial charge >= 0.3 is 6.18 Å². The van der Waals surface area contributed by atoms with Crippen molar-refractivity contribution in [1.82, 2.24) is 24.5 Å². The van der Waals surface area contributed by atoms with Crippen molar-refractivity contribution in [3.8, 4) is 11.3 Å². The molecule has 4 heterocycles. The van der Waals surface area contributed by atoms with Gasteiger partial charge in [0.25, 0.3) is 5.91 Å². The number of rotatable bonds is 2. The first kappa shape index (κ1) is 19.3. The minimum atomic E-state index is -4.43. The van der Waals surface area contributed by atoms with Gasteiger partial charge in [0.2, 0.25) is 0 Å². The summed E-state index contributed by atoms with van der Waals surface area (Å²) in [4.78, 5) is 19.5. The second-order valence-corrected chi connectivity index (χ2v) is 7.54. The van der Waals surface area contributed by atoms with Gasteiger partial charge in [0.15, 0.2) is 5.65 Å². The van der Waals surface area contributed by atoms with Gasteiger partial charge in [0, 0.05) is 24.7 Å². The molecule has 0 radical (unpaired) electrons. The predicted molar refractivity (Wildman–Crippen MR) is 108 cm³/mol. The summed E-state index contributed by atoms with van der Waals surface area (Å²) in [6, 6.07) is 8.12. The Labute approximate surface area is 174 Å². The zero-order valence-corrected chi connectivity index (χ0v) is 16.6. The normalized spacial score (nSPS) is 16.7. The van der Waals surface area contributed by atoms with Crippen LogP contribution < -0.4 is 4.90 Å². The Hall–Kier alpha value is -3.69. The molecule has 5 rings (SSSR count). The number of anilines is 1. The number of hydrogen-bond acceptors (Lipinski definition) is 4. The molecule has 0 saturated heterocycles. The monoisotopic (exact) mass is 426 g/mol. The van der Waals surface area contributed by atoms with Crippen molar-refractivity contribution in [1.29, 1.82) is 0 Å². The van der Waals surface area contributed by atoms with Crippen LogP contribution in [0.5, 0.6) is 0 Å². The third-order valence-corrected chi connectivity index (χ3v) is 5.47. The average molecular weight is 426 g/mol. The summed E-state index contributed by atoms with van der Waals surface area (Å²) < 4.78 is 42.0. The highest BCUT2D eigenvalue weighted by Gasteiger charge is 2.35. The zero-order valence-electron chi connectivity index (χ0n) is 16.6. The van der Waals surface area contributed by atoms with Crippen molar-refractivity contribution in [2.75, 3.05) is 11.4 Å². The highest BCUT2D eigenvalue weighted by Crippen LogP contribution is 2.34. The molecule has 0 fully saturated rings. The fourth-order valence-electron chi connectivity index (χ4n) is 3.88. The van der Waals surface area contributed by atoms with E-state index in [1.54, 1.807) is 34.9 Å². The maximum absolute atomic E-state index is 13.4. The third kappa shape index (κ3) is 3.06. The van der Waals surface area contributed by atoms with E-state index >= 15 is 0 Å². The van der Waals surface area contributed by atoms with E-state index in [9.17, 15) is 18.0 Å². The van der Waals surface area contributed by atoms with E-state index in [0.29, 0.717) is 34.8 Å². The molecule has 0 unspecified atom stereocenters. The van der Waals surface area contributed by atoms with E-state index < -0.39 is 11.7 Å². The summed E-state index contributed by atoms with van der Waals surface area (Å²) in [5.41, 5.74) is 1.82. The number of benzene rings is 1. The number of hydrogen-bond donors (Lipinski definition) is 0. The molecule has 1 aliphatic heterocycles. The molecule has 1 atom stereocenters. The third-order valence-electron chi connectivity index (χ3n) is 5.47. The van der Waals surface area contributed by atoms with Crippen LogP contribution in [0.2, 0.25) is 0 Å². The molecule has 0 N–H and O–H groups in total. The highest BCUT2D eigenvalue weighted by molar-refractivity contribution is 6.09. The van der Waals surface area contributed by atoms with Crippen LogP contribution in [0.15, 0.2) is 48.8 Å². The van der Waals surface area contributed by atoms with Gasteiger partial charge in [-0.3, -0.25) is 14.2 Å². The average Bonchev–Trinajstić information content (AvgIpc) is 3.35. The van der Waals surface area contributed by atoms with E-state index in [-0.39, 0.29) is 11.9 Å². The molecule has 3 aromatic heterocycles. The summed E-state index contributed by atoms with van der Waals surface area (Å²) in [7, 11) is 1.78. The van der Waals surface area contributed by atoms with E-state index in [2.05, 4.69) is 15.2 Å². The van der Waals surface area contributed by atoms with Crippen molar-refractivity contribution >= 4 is 22.6 Å². The Morgan fingerprint density at radius 3 is 2.48 bits per heavy atom. The Bertz CT molecular complexity index is 1310. The number of pyridine rings is 1. The van der Waals surface area contributed by atoms with E-state index in [1.165, 1.54) is 17.0 Å². The van der Waals surface area contributed by atoms with Crippen LogP contribution in [0.3, 0.4) is 0 Å². The zero-order chi connectivity index (χ0) is 21.9. The lowest BCUT2D eigenvalue weighted by atomic mass is 10.1. The Morgan fingerprint density at radius 2 is 1.77 bits per heavy atom. The van der Waals surface area contributed by atoms with Crippen molar-refractivity contribution in [3.05, 3.63) is 60.0 Å². The molecule has 4 aromatic rings. The highest BCUT2D eigenvalue weighted by atomic mass is 19.4. The van der Waals surface area contributed by atoms with E-state index in [1.807, 2.05) is 13.0 Å². The second-order valence-electron chi connectivity index (χ2n) is 7.54. The first-order valence-corrected chi connectivity index (χ1v) is 9.60. The molecule has 7 nitrogen and oxygen atoms in total. The quantitative estimate of drug-likeness (QED) is 0.485. The Balaban J connectivity index is 1.57. The lowest BCUT2D eigenvalue weighted by Gasteiger charge is -2.32. The SMILES string of the molecule is C[C@H]1CN(c2ccc(C(F)(F)F)cc2)C(=O)c2c(-c3ccc4cnn(C)c4n3)cnn21. The van der Waals surface area contributed by atoms with Gasteiger partial charge in [0.1, 0.15) is 5.69 Å². The number of alkyl halides is 3. The van der Waals surface area contributed by atoms with Crippen LogP contribution >= 0.6 is 0 Å². The molecule has 1 aromatic carbocycles. The molecule has 0 aliphatic carbocycles. The van der Waals surface area contributed by atoms with E-state index in [4.69, 9.17) is 0 Å². The van der Waals surface area contributed by atoms with Gasteiger partial charge < -0.3 is 4.90 Å². The summed E-state index contributed by atoms with van der Waals surface area (Å²) in [6.07, 6.45) is -1.12. The van der Waals surface area contributed by atoms with Gasteiger partial charge in [-0.25, -0.2) is 4.98 Å². The molecule has 158 valence electrons. The molecule has 0 spiro atoms. The predicted octanol–water partition coefficient (Wildman–Crippen LogP) is 4.07. The van der Waals surface area contributed by atoms with Crippen LogP contribution in [-0.4, -0.2) is 37.0 Å². The number of carbonyl (C=O) groups excluding carboxylic acids is 1. The van der Waals surface area contributed by atoms with Gasteiger partial charge in [-0.2, -0.15) is 23.4 Å². The largest absolute Gasteiger partial charge is 0.416 e. The van der Waals surface area contributed by atoms with Crippen LogP contribution in [0.25, 0.3) is 22.3 Å². The van der Waals surface area contributed by atoms with Crippen LogP contribution in [-0.2, 0) is 13.2 Å². The lowest BCUT2D eigenvalue weighted by molar-refractivity contribution is -0.137. The molecule has 31 heavy (non-hydrogen) atoms. The standard InChI is InChI=1S/C21H17F3N6O/c1-12-11-29(15-6-4-14(5-7-15)21(22,23)24)20(31)18-16(10-26-30(12)18)17-8-3-13-9-25-28(2)19(13)27-17/h3-10,12H,11H2,1-2H3/t12-/m0/s1. The van der Waals surface area contributed by atoms with Crippen LogP contribution in [0.1, 0.15) is 29.0 Å². The smallest absolute Gasteiger partial charge is 0.305 e. The summed E-state index contributed by atoms with van der Waals surface area (Å²) in [5, 5.41) is 9.45. The lowest BCUT2D eigenvalue weighted by Crippen LogP contribution is -2.42. The van der Waals surface area contributed by atoms with Crippen LogP contribution in [0.4, 0.5) is 18.9 Å². The minimum absolute atomic E-state index is 0.163. The first-order chi connectivity index (χ1) is 14.7. The number of nitrogens with zero attached hydrogens (tertiary/aromatic N) is 6. The second kappa shape index (κ2) is 6.66. The maximum atomic E-state index is 13.4. The maximum Gasteiger partial charge on any atom is 0.416 e. The van der Waals surface area contributed by atoms with Gasteiger partial charge in [-0.1, -0.05) is 0 Å². The summed E-state index contributed by atoms with van der Waals surface area (Å²) in [6.45, 7) is 2.20. The fourth-order valence-corrected chi connectivity index (χ4v) is 3.88. The molecular formula is C21H17F3N6O. The van der Waals surface area contributed by atoms with Crippen molar-refractivity contribution in [2.24, 2.45) is 7.05 Å². The number of halogens is 3. The van der Waals surface area contributed by atoms with Gasteiger partial charge in [0.05, 0.1) is 35.3 Å². The topological polar surface area (TPSA) is 68.8 Å². The summed E-state index contributed by atoms with van der Waals surface area (Å²) in [5.74, 6) is -0.336. The van der Waals surface area contributed by atoms with Crippen molar-refractivity contribution in [2.45, 2.75) is 19.1 Å². The Kier molecular flexibility index (Phi) is 4.14. The molecular weight excluding hydrogens is 409 g/mol. The number of aromatic nitrogens is 5. The number of amides is 1. The molecule has 10 heteroatoms. The van der Waals surface area contributed by atoms with Crippen LogP contribution in [0, 0.1) is 0 Å². The fraction of sp³-hybridized carbons (Fsp3) is 0.238. The van der Waals surface area contributed by atoms with E-state index in [0.717, 1.165) is 17.5 Å². The number of aryl methyl sites for hydroxylation is 1. The van der Waals surface area contributed by atoms with Gasteiger partial charge in [-0.15, -0.1) is 0 Å².